The van der Waals surface area contributed by atoms with E-state index >= 15 is 0 Å². The maximum atomic E-state index is 6.59. The van der Waals surface area contributed by atoms with Gasteiger partial charge in [0.15, 0.2) is 11.6 Å². The second kappa shape index (κ2) is 16.5. The molecule has 10 rings (SSSR count). The van der Waals surface area contributed by atoms with E-state index in [-0.39, 0.29) is 26.5 Å². The van der Waals surface area contributed by atoms with E-state index in [0.717, 1.165) is 78.1 Å². The van der Waals surface area contributed by atoms with Crippen molar-refractivity contribution in [3.8, 4) is 40.1 Å². The van der Waals surface area contributed by atoms with Crippen LogP contribution >= 0.6 is 0 Å². The summed E-state index contributed by atoms with van der Waals surface area (Å²) in [5, 5.41) is 2.19. The van der Waals surface area contributed by atoms with Crippen LogP contribution < -0.4 is 14.5 Å². The van der Waals surface area contributed by atoms with Crippen LogP contribution in [0.4, 0.5) is 23.0 Å². The third kappa shape index (κ3) is 7.62. The molecule has 0 N–H and O–H groups in total. The fourth-order valence-corrected chi connectivity index (χ4v) is 9.05. The van der Waals surface area contributed by atoms with Crippen LogP contribution in [0.2, 0.25) is 0 Å². The average Bonchev–Trinajstić information content (AvgIpc) is 3.79. The Bertz CT molecular complexity index is 3150. The van der Waals surface area contributed by atoms with Crippen molar-refractivity contribution >= 4 is 44.8 Å². The molecule has 0 unspecified atom stereocenters. The van der Waals surface area contributed by atoms with Gasteiger partial charge in [0.25, 0.3) is 0 Å². The Morgan fingerprint density at radius 3 is 1.94 bits per heavy atom. The van der Waals surface area contributed by atoms with Crippen molar-refractivity contribution in [2.45, 2.75) is 67.7 Å². The average molecular weight is 1020 g/mol. The molecule has 322 valence electrons. The number of para-hydroxylation sites is 1. The van der Waals surface area contributed by atoms with Crippen LogP contribution in [0, 0.1) is 60.3 Å². The Balaban J connectivity index is 0.00000518. The fourth-order valence-electron chi connectivity index (χ4n) is 9.05. The summed E-state index contributed by atoms with van der Waals surface area (Å²) in [5.41, 5.74) is 14.4. The minimum Gasteiger partial charge on any atom is -0.509 e. The first-order chi connectivity index (χ1) is 30.3. The maximum Gasteiger partial charge on any atom is 0.205 e. The Morgan fingerprint density at radius 2 is 1.27 bits per heavy atom. The predicted molar refractivity (Wildman–Crippen MR) is 253 cm³/mol. The zero-order chi connectivity index (χ0) is 43.7. The van der Waals surface area contributed by atoms with Gasteiger partial charge >= 0.3 is 0 Å². The Hall–Kier alpha value is -6.70. The van der Waals surface area contributed by atoms with E-state index in [9.17, 15) is 0 Å². The van der Waals surface area contributed by atoms with E-state index in [1.165, 1.54) is 16.7 Å². The van der Waals surface area contributed by atoms with Crippen LogP contribution in [0.3, 0.4) is 0 Å². The zero-order valence-corrected chi connectivity index (χ0v) is 39.6. The second-order valence-electron chi connectivity index (χ2n) is 17.6. The summed E-state index contributed by atoms with van der Waals surface area (Å²) in [6.07, 6.45) is 5.53. The first-order valence-corrected chi connectivity index (χ1v) is 21.2. The minimum atomic E-state index is -0.0355. The fraction of sp³-hybridized carbons (Fsp3) is 0.185. The van der Waals surface area contributed by atoms with Gasteiger partial charge < -0.3 is 19.1 Å². The van der Waals surface area contributed by atoms with E-state index in [1.54, 1.807) is 6.20 Å². The molecule has 5 heterocycles. The van der Waals surface area contributed by atoms with Gasteiger partial charge in [-0.15, -0.1) is 48.1 Å². The van der Waals surface area contributed by atoms with E-state index in [0.29, 0.717) is 29.1 Å². The first-order valence-electron chi connectivity index (χ1n) is 21.2. The Labute approximate surface area is 389 Å². The molecule has 4 aromatic heterocycles. The summed E-state index contributed by atoms with van der Waals surface area (Å²) in [5.74, 6) is 3.68. The zero-order valence-electron chi connectivity index (χ0n) is 37.3. The van der Waals surface area contributed by atoms with Crippen molar-refractivity contribution in [1.82, 2.24) is 29.5 Å². The molecule has 9 aromatic rings. The van der Waals surface area contributed by atoms with Crippen LogP contribution in [0.15, 0.2) is 116 Å². The van der Waals surface area contributed by atoms with Gasteiger partial charge in [-0.05, 0) is 104 Å². The molecule has 0 amide bonds. The quantitative estimate of drug-likeness (QED) is 0.146. The van der Waals surface area contributed by atoms with Crippen LogP contribution in [0.5, 0.6) is 11.5 Å². The molecule has 64 heavy (non-hydrogen) atoms. The van der Waals surface area contributed by atoms with Crippen LogP contribution in [0.25, 0.3) is 50.4 Å². The normalized spacial score (nSPS) is 12.5. The molecule has 0 atom stereocenters. The first kappa shape index (κ1) is 42.6. The van der Waals surface area contributed by atoms with Crippen molar-refractivity contribution in [1.29, 1.82) is 0 Å². The standard InChI is InChI=1S/C54H47N8O.Pt/c1-32-23-34(3)49(35(4)24-32)51-57-52(50-36(5)25-33(2)26-37(50)6)59-53(58-51)61-31-60(47-30-55-21-20-45(47)61)39-13-12-14-40(28-39)63-41-17-18-43-42-15-10-11-16-44(42)62(46(43)29-41)48-27-38(19-22-56-48)54(7,8)9;/h10-27,30-31H,1-9H3;/q-3;. The third-order valence-electron chi connectivity index (χ3n) is 11.8. The summed E-state index contributed by atoms with van der Waals surface area (Å²) in [6, 6.07) is 40.4. The molecule has 0 saturated heterocycles. The van der Waals surface area contributed by atoms with Crippen molar-refractivity contribution in [2.24, 2.45) is 0 Å². The van der Waals surface area contributed by atoms with Gasteiger partial charge in [0, 0.05) is 73.5 Å². The maximum absolute atomic E-state index is 6.59. The number of hydrogen-bond donors (Lipinski definition) is 0. The molecule has 10 heteroatoms. The van der Waals surface area contributed by atoms with Crippen molar-refractivity contribution in [2.75, 3.05) is 9.80 Å². The summed E-state index contributed by atoms with van der Waals surface area (Å²) < 4.78 is 8.77. The SMILES string of the molecule is Cc1cc(C)c(-c2nc(-c3c(C)cc(C)cc3C)nc(N3[CH-]N(c4[c-]c(Oc5[c-]c6c(cc5)c5ccccc5n6-c5cc(C(C)(C)C)ccn5)ccc4)c4cnccc43)n2)c(C)c1.[Pt]. The van der Waals surface area contributed by atoms with Gasteiger partial charge in [0.05, 0.1) is 5.69 Å². The summed E-state index contributed by atoms with van der Waals surface area (Å²) in [7, 11) is 0. The molecule has 0 spiro atoms. The molecule has 9 nitrogen and oxygen atoms in total. The van der Waals surface area contributed by atoms with Crippen LogP contribution in [-0.4, -0.2) is 29.5 Å². The Kier molecular flexibility index (Phi) is 10.9. The molecule has 5 aromatic carbocycles. The molecule has 0 bridgehead atoms. The van der Waals surface area contributed by atoms with Gasteiger partial charge in [-0.1, -0.05) is 79.9 Å². The second-order valence-corrected chi connectivity index (χ2v) is 17.6. The number of aromatic nitrogens is 6. The van der Waals surface area contributed by atoms with Gasteiger partial charge in [0.1, 0.15) is 5.82 Å². The van der Waals surface area contributed by atoms with Gasteiger partial charge in [-0.25, -0.2) is 9.97 Å². The number of ether oxygens (including phenoxy) is 1. The predicted octanol–water partition coefficient (Wildman–Crippen LogP) is 13.0. The van der Waals surface area contributed by atoms with Gasteiger partial charge in [-0.3, -0.25) is 4.98 Å². The molecule has 0 aliphatic carbocycles. The number of nitrogens with zero attached hydrogens (tertiary/aromatic N) is 8. The molecule has 0 saturated carbocycles. The number of aryl methyl sites for hydroxylation is 6. The van der Waals surface area contributed by atoms with E-state index in [1.807, 2.05) is 59.2 Å². The molecule has 1 aliphatic rings. The van der Waals surface area contributed by atoms with E-state index in [2.05, 4.69) is 151 Å². The van der Waals surface area contributed by atoms with Crippen molar-refractivity contribution in [3.63, 3.8) is 0 Å². The van der Waals surface area contributed by atoms with Crippen molar-refractivity contribution in [3.05, 3.63) is 173 Å². The minimum absolute atomic E-state index is 0. The smallest absolute Gasteiger partial charge is 0.205 e. The summed E-state index contributed by atoms with van der Waals surface area (Å²) in [4.78, 5) is 29.0. The number of anilines is 4. The Morgan fingerprint density at radius 1 is 0.609 bits per heavy atom. The molecular formula is C54H47N8OPt-3. The summed E-state index contributed by atoms with van der Waals surface area (Å²) >= 11 is 0. The monoisotopic (exact) mass is 1020 g/mol. The van der Waals surface area contributed by atoms with E-state index < -0.39 is 0 Å². The van der Waals surface area contributed by atoms with Crippen LogP contribution in [-0.2, 0) is 26.5 Å². The number of fused-ring (bicyclic) bond motifs is 4. The largest absolute Gasteiger partial charge is 0.509 e. The third-order valence-corrected chi connectivity index (χ3v) is 11.8. The molecule has 1 aliphatic heterocycles. The van der Waals surface area contributed by atoms with Crippen molar-refractivity contribution < 1.29 is 25.8 Å². The molecule has 0 fully saturated rings. The van der Waals surface area contributed by atoms with Gasteiger partial charge in [-0.2, -0.15) is 22.1 Å². The number of hydrogen-bond acceptors (Lipinski definition) is 8. The topological polar surface area (TPSA) is 85.1 Å². The number of benzene rings is 5. The van der Waals surface area contributed by atoms with Gasteiger partial charge in [0.2, 0.25) is 5.95 Å². The molecule has 0 radical (unpaired) electrons. The summed E-state index contributed by atoms with van der Waals surface area (Å²) in [6.45, 7) is 21.4. The number of pyridine rings is 2. The number of rotatable bonds is 7. The van der Waals surface area contributed by atoms with Crippen LogP contribution in [0.1, 0.15) is 59.7 Å². The molecular weight excluding hydrogens is 972 g/mol. The van der Waals surface area contributed by atoms with E-state index in [4.69, 9.17) is 24.7 Å².